The minimum atomic E-state index is 0.418. The Morgan fingerprint density at radius 2 is 1.67 bits per heavy atom. The van der Waals surface area contributed by atoms with Crippen molar-refractivity contribution in [2.24, 2.45) is 5.73 Å². The molecule has 1 nitrogen and oxygen atoms in total. The highest BCUT2D eigenvalue weighted by molar-refractivity contribution is 4.82. The van der Waals surface area contributed by atoms with Gasteiger partial charge in [-0.2, -0.15) is 0 Å². The van der Waals surface area contributed by atoms with E-state index in [1.807, 2.05) is 0 Å². The molecule has 72 valence electrons. The van der Waals surface area contributed by atoms with Gasteiger partial charge >= 0.3 is 0 Å². The third kappa shape index (κ3) is 7.80. The molecule has 0 spiro atoms. The molecule has 0 aliphatic heterocycles. The first kappa shape index (κ1) is 11.7. The first-order valence-corrected chi connectivity index (χ1v) is 5.21. The van der Waals surface area contributed by atoms with Crippen molar-refractivity contribution in [2.75, 3.05) is 0 Å². The normalized spacial score (nSPS) is 13.9. The number of nitrogens with two attached hydrogens (primary N) is 1. The zero-order valence-electron chi connectivity index (χ0n) is 8.55. The fourth-order valence-electron chi connectivity index (χ4n) is 1.23. The van der Waals surface area contributed by atoms with Crippen LogP contribution in [-0.2, 0) is 0 Å². The van der Waals surface area contributed by atoms with Crippen LogP contribution in [0.3, 0.4) is 0 Å². The smallest absolute Gasteiger partial charge is 0.00416 e. The van der Waals surface area contributed by atoms with Gasteiger partial charge < -0.3 is 5.73 Å². The van der Waals surface area contributed by atoms with Gasteiger partial charge in [0.25, 0.3) is 0 Å². The second kappa shape index (κ2) is 8.79. The molecule has 0 bridgehead atoms. The molecule has 0 rings (SSSR count). The summed E-state index contributed by atoms with van der Waals surface area (Å²) in [6.45, 7) is 4.39. The van der Waals surface area contributed by atoms with Crippen molar-refractivity contribution in [2.45, 2.75) is 58.4 Å². The molecule has 1 unspecified atom stereocenters. The Hall–Kier alpha value is -0.300. The lowest BCUT2D eigenvalue weighted by Gasteiger charge is -2.06. The van der Waals surface area contributed by atoms with Gasteiger partial charge in [0.15, 0.2) is 0 Å². The largest absolute Gasteiger partial charge is 0.328 e. The Labute approximate surface area is 77.0 Å². The summed E-state index contributed by atoms with van der Waals surface area (Å²) in [5.74, 6) is 0. The molecule has 12 heavy (non-hydrogen) atoms. The van der Waals surface area contributed by atoms with E-state index in [0.717, 1.165) is 12.8 Å². The average molecular weight is 169 g/mol. The molecule has 0 amide bonds. The van der Waals surface area contributed by atoms with Crippen LogP contribution in [0.25, 0.3) is 0 Å². The number of allylic oxidation sites excluding steroid dienone is 2. The summed E-state index contributed by atoms with van der Waals surface area (Å²) < 4.78 is 0. The zero-order chi connectivity index (χ0) is 9.23. The van der Waals surface area contributed by atoms with Crippen molar-refractivity contribution < 1.29 is 0 Å². The molecule has 0 aromatic carbocycles. The van der Waals surface area contributed by atoms with Gasteiger partial charge in [-0.15, -0.1) is 0 Å². The van der Waals surface area contributed by atoms with E-state index in [2.05, 4.69) is 26.0 Å². The monoisotopic (exact) mass is 169 g/mol. The molecule has 0 aromatic heterocycles. The van der Waals surface area contributed by atoms with Crippen LogP contribution in [0.15, 0.2) is 12.2 Å². The van der Waals surface area contributed by atoms with Crippen LogP contribution in [0.4, 0.5) is 0 Å². The van der Waals surface area contributed by atoms with Crippen molar-refractivity contribution in [3.63, 3.8) is 0 Å². The third-order valence-electron chi connectivity index (χ3n) is 1.99. The van der Waals surface area contributed by atoms with Gasteiger partial charge in [0.1, 0.15) is 0 Å². The maximum absolute atomic E-state index is 5.87. The van der Waals surface area contributed by atoms with Crippen LogP contribution in [0.1, 0.15) is 52.4 Å². The van der Waals surface area contributed by atoms with Gasteiger partial charge in [-0.1, -0.05) is 38.8 Å². The Bertz CT molecular complexity index is 108. The Morgan fingerprint density at radius 1 is 1.00 bits per heavy atom. The van der Waals surface area contributed by atoms with E-state index >= 15 is 0 Å². The molecule has 2 N–H and O–H groups in total. The zero-order valence-corrected chi connectivity index (χ0v) is 8.55. The topological polar surface area (TPSA) is 26.0 Å². The molecule has 1 heteroatoms. The maximum Gasteiger partial charge on any atom is 0.00416 e. The van der Waals surface area contributed by atoms with Crippen LogP contribution >= 0.6 is 0 Å². The number of rotatable bonds is 7. The highest BCUT2D eigenvalue weighted by Gasteiger charge is 1.97. The minimum absolute atomic E-state index is 0.418. The molecule has 0 heterocycles. The third-order valence-corrected chi connectivity index (χ3v) is 1.99. The van der Waals surface area contributed by atoms with E-state index in [1.54, 1.807) is 0 Å². The molecule has 0 aromatic rings. The van der Waals surface area contributed by atoms with Crippen LogP contribution in [0.2, 0.25) is 0 Å². The molecule has 0 aliphatic carbocycles. The molecule has 0 aliphatic rings. The molecule has 1 atom stereocenters. The highest BCUT2D eigenvalue weighted by atomic mass is 14.6. The first-order chi connectivity index (χ1) is 5.81. The summed E-state index contributed by atoms with van der Waals surface area (Å²) in [7, 11) is 0. The minimum Gasteiger partial charge on any atom is -0.328 e. The lowest BCUT2D eigenvalue weighted by molar-refractivity contribution is 0.566. The second-order valence-corrected chi connectivity index (χ2v) is 3.39. The van der Waals surface area contributed by atoms with Crippen LogP contribution < -0.4 is 5.73 Å². The van der Waals surface area contributed by atoms with Gasteiger partial charge in [-0.05, 0) is 25.7 Å². The number of unbranched alkanes of at least 4 members (excludes halogenated alkanes) is 1. The Kier molecular flexibility index (Phi) is 8.57. The molecular formula is C11H23N. The molecule has 0 saturated heterocycles. The van der Waals surface area contributed by atoms with E-state index in [4.69, 9.17) is 5.73 Å². The number of hydrogen-bond acceptors (Lipinski definition) is 1. The first-order valence-electron chi connectivity index (χ1n) is 5.21. The summed E-state index contributed by atoms with van der Waals surface area (Å²) in [6.07, 6.45) is 11.7. The number of hydrogen-bond donors (Lipinski definition) is 1. The Morgan fingerprint density at radius 3 is 2.25 bits per heavy atom. The lowest BCUT2D eigenvalue weighted by atomic mass is 10.1. The fourth-order valence-corrected chi connectivity index (χ4v) is 1.23. The summed E-state index contributed by atoms with van der Waals surface area (Å²) in [4.78, 5) is 0. The predicted molar refractivity (Wildman–Crippen MR) is 56.2 cm³/mol. The van der Waals surface area contributed by atoms with Crippen molar-refractivity contribution >= 4 is 0 Å². The SMILES string of the molecule is CCCC=CCCC(N)CCC. The van der Waals surface area contributed by atoms with Gasteiger partial charge in [-0.25, -0.2) is 0 Å². The van der Waals surface area contributed by atoms with E-state index in [1.165, 1.54) is 25.7 Å². The average Bonchev–Trinajstić information content (AvgIpc) is 2.05. The Balaban J connectivity index is 3.17. The molecule has 0 saturated carbocycles. The van der Waals surface area contributed by atoms with Crippen molar-refractivity contribution in [1.82, 2.24) is 0 Å². The van der Waals surface area contributed by atoms with E-state index in [9.17, 15) is 0 Å². The summed E-state index contributed by atoms with van der Waals surface area (Å²) in [5, 5.41) is 0. The lowest BCUT2D eigenvalue weighted by Crippen LogP contribution is -2.18. The van der Waals surface area contributed by atoms with Crippen molar-refractivity contribution in [3.8, 4) is 0 Å². The van der Waals surface area contributed by atoms with Crippen LogP contribution in [0.5, 0.6) is 0 Å². The van der Waals surface area contributed by atoms with E-state index in [-0.39, 0.29) is 0 Å². The van der Waals surface area contributed by atoms with Gasteiger partial charge in [-0.3, -0.25) is 0 Å². The van der Waals surface area contributed by atoms with E-state index in [0.29, 0.717) is 6.04 Å². The van der Waals surface area contributed by atoms with Crippen molar-refractivity contribution in [3.05, 3.63) is 12.2 Å². The van der Waals surface area contributed by atoms with Crippen molar-refractivity contribution in [1.29, 1.82) is 0 Å². The van der Waals surface area contributed by atoms with Gasteiger partial charge in [0.2, 0.25) is 0 Å². The highest BCUT2D eigenvalue weighted by Crippen LogP contribution is 2.03. The summed E-state index contributed by atoms with van der Waals surface area (Å²) in [5.41, 5.74) is 5.87. The molecule has 0 radical (unpaired) electrons. The van der Waals surface area contributed by atoms with Crippen LogP contribution in [0, 0.1) is 0 Å². The summed E-state index contributed by atoms with van der Waals surface area (Å²) in [6, 6.07) is 0.418. The fraction of sp³-hybridized carbons (Fsp3) is 0.818. The maximum atomic E-state index is 5.87. The standard InChI is InChI=1S/C11H23N/c1-3-5-6-7-8-10-11(12)9-4-2/h6-7,11H,3-5,8-10,12H2,1-2H3. The predicted octanol–water partition coefficient (Wildman–Crippen LogP) is 3.25. The quantitative estimate of drug-likeness (QED) is 0.582. The second-order valence-electron chi connectivity index (χ2n) is 3.39. The van der Waals surface area contributed by atoms with Gasteiger partial charge in [0, 0.05) is 6.04 Å². The van der Waals surface area contributed by atoms with Crippen LogP contribution in [-0.4, -0.2) is 6.04 Å². The molecule has 0 fully saturated rings. The van der Waals surface area contributed by atoms with Gasteiger partial charge in [0.05, 0.1) is 0 Å². The molecular weight excluding hydrogens is 146 g/mol. The van der Waals surface area contributed by atoms with E-state index < -0.39 is 0 Å². The summed E-state index contributed by atoms with van der Waals surface area (Å²) >= 11 is 0.